The fourth-order valence-electron chi connectivity index (χ4n) is 3.75. The van der Waals surface area contributed by atoms with Crippen molar-refractivity contribution in [2.45, 2.75) is 32.6 Å². The Morgan fingerprint density at radius 2 is 2.14 bits per heavy atom. The van der Waals surface area contributed by atoms with E-state index in [0.29, 0.717) is 10.4 Å². The van der Waals surface area contributed by atoms with Gasteiger partial charge in [-0.25, -0.2) is 0 Å². The molecule has 1 atom stereocenters. The Balaban J connectivity index is 1.79. The van der Waals surface area contributed by atoms with Crippen molar-refractivity contribution in [2.24, 2.45) is 5.41 Å². The lowest BCUT2D eigenvalue weighted by molar-refractivity contribution is 0.0433. The highest BCUT2D eigenvalue weighted by molar-refractivity contribution is 6.31. The van der Waals surface area contributed by atoms with Gasteiger partial charge in [0.05, 0.1) is 0 Å². The van der Waals surface area contributed by atoms with Crippen molar-refractivity contribution < 1.29 is 4.79 Å². The third-order valence-corrected chi connectivity index (χ3v) is 5.17. The van der Waals surface area contributed by atoms with Gasteiger partial charge in [-0.3, -0.25) is 4.79 Å². The van der Waals surface area contributed by atoms with Gasteiger partial charge in [-0.05, 0) is 56.8 Å². The highest BCUT2D eigenvalue weighted by atomic mass is 35.5. The van der Waals surface area contributed by atoms with Gasteiger partial charge in [0, 0.05) is 35.6 Å². The normalized spacial score (nSPS) is 26.1. The van der Waals surface area contributed by atoms with Crippen molar-refractivity contribution in [1.82, 2.24) is 10.2 Å². The quantitative estimate of drug-likeness (QED) is 0.864. The zero-order chi connectivity index (χ0) is 14.9. The van der Waals surface area contributed by atoms with Crippen LogP contribution in [0.25, 0.3) is 0 Å². The molecule has 0 bridgehead atoms. The van der Waals surface area contributed by atoms with Crippen molar-refractivity contribution in [3.63, 3.8) is 0 Å². The predicted molar refractivity (Wildman–Crippen MR) is 85.9 cm³/mol. The second-order valence-electron chi connectivity index (χ2n) is 6.57. The van der Waals surface area contributed by atoms with Crippen molar-refractivity contribution in [3.8, 4) is 0 Å². The molecular weight excluding hydrogens is 284 g/mol. The van der Waals surface area contributed by atoms with E-state index >= 15 is 0 Å². The van der Waals surface area contributed by atoms with Crippen molar-refractivity contribution in [2.75, 3.05) is 26.2 Å². The number of nitrogens with zero attached hydrogens (tertiary/aromatic N) is 1. The number of rotatable bonds is 1. The molecule has 1 unspecified atom stereocenters. The Kier molecular flexibility index (Phi) is 4.23. The maximum absolute atomic E-state index is 12.8. The van der Waals surface area contributed by atoms with Gasteiger partial charge < -0.3 is 10.2 Å². The van der Waals surface area contributed by atoms with Gasteiger partial charge in [0.1, 0.15) is 0 Å². The standard InChI is InChI=1S/C17H23ClN2O/c1-13-4-5-14(18)10-15(13)16(21)20-9-3-7-17(12-20)6-2-8-19-11-17/h4-5,10,19H,2-3,6-9,11-12H2,1H3. The summed E-state index contributed by atoms with van der Waals surface area (Å²) in [6.45, 7) is 5.89. The van der Waals surface area contributed by atoms with E-state index in [2.05, 4.69) is 5.32 Å². The lowest BCUT2D eigenvalue weighted by Gasteiger charge is -2.45. The molecule has 2 aliphatic heterocycles. The van der Waals surface area contributed by atoms with Crippen LogP contribution in [-0.4, -0.2) is 37.0 Å². The first-order chi connectivity index (χ1) is 10.1. The van der Waals surface area contributed by atoms with E-state index in [1.54, 1.807) is 6.07 Å². The highest BCUT2D eigenvalue weighted by Crippen LogP contribution is 2.36. The monoisotopic (exact) mass is 306 g/mol. The van der Waals surface area contributed by atoms with E-state index in [0.717, 1.165) is 43.7 Å². The maximum atomic E-state index is 12.8. The molecule has 3 nitrogen and oxygen atoms in total. The largest absolute Gasteiger partial charge is 0.338 e. The number of halogens is 1. The lowest BCUT2D eigenvalue weighted by Crippen LogP contribution is -2.52. The first-order valence-electron chi connectivity index (χ1n) is 7.86. The fraction of sp³-hybridized carbons (Fsp3) is 0.588. The topological polar surface area (TPSA) is 32.3 Å². The zero-order valence-corrected chi connectivity index (χ0v) is 13.4. The van der Waals surface area contributed by atoms with Crippen LogP contribution in [0.3, 0.4) is 0 Å². The molecule has 2 aliphatic rings. The Morgan fingerprint density at radius 3 is 2.90 bits per heavy atom. The Labute approximate surface area is 131 Å². The lowest BCUT2D eigenvalue weighted by atomic mass is 9.74. The molecule has 1 aromatic rings. The summed E-state index contributed by atoms with van der Waals surface area (Å²) in [5, 5.41) is 4.14. The van der Waals surface area contributed by atoms with Crippen LogP contribution in [0.4, 0.5) is 0 Å². The molecule has 2 fully saturated rings. The number of aryl methyl sites for hydroxylation is 1. The van der Waals surface area contributed by atoms with Crippen LogP contribution in [-0.2, 0) is 0 Å². The second-order valence-corrected chi connectivity index (χ2v) is 7.01. The van der Waals surface area contributed by atoms with Gasteiger partial charge >= 0.3 is 0 Å². The van der Waals surface area contributed by atoms with Crippen LogP contribution < -0.4 is 5.32 Å². The van der Waals surface area contributed by atoms with Crippen molar-refractivity contribution in [3.05, 3.63) is 34.3 Å². The number of carbonyl (C=O) groups excluding carboxylic acids is 1. The molecule has 114 valence electrons. The minimum absolute atomic E-state index is 0.139. The van der Waals surface area contributed by atoms with Crippen LogP contribution in [0, 0.1) is 12.3 Å². The second kappa shape index (κ2) is 5.98. The summed E-state index contributed by atoms with van der Waals surface area (Å²) < 4.78 is 0. The minimum atomic E-state index is 0.139. The summed E-state index contributed by atoms with van der Waals surface area (Å²) in [6, 6.07) is 5.58. The predicted octanol–water partition coefficient (Wildman–Crippen LogP) is 3.25. The summed E-state index contributed by atoms with van der Waals surface area (Å²) in [7, 11) is 0. The number of hydrogen-bond donors (Lipinski definition) is 1. The van der Waals surface area contributed by atoms with Crippen LogP contribution >= 0.6 is 11.6 Å². The Hall–Kier alpha value is -1.06. The first-order valence-corrected chi connectivity index (χ1v) is 8.24. The highest BCUT2D eigenvalue weighted by Gasteiger charge is 2.38. The summed E-state index contributed by atoms with van der Waals surface area (Å²) in [5.74, 6) is 0.139. The van der Waals surface area contributed by atoms with Crippen molar-refractivity contribution >= 4 is 17.5 Å². The smallest absolute Gasteiger partial charge is 0.254 e. The molecule has 21 heavy (non-hydrogen) atoms. The average Bonchev–Trinajstić information content (AvgIpc) is 2.50. The van der Waals surface area contributed by atoms with E-state index in [1.165, 1.54) is 19.3 Å². The van der Waals surface area contributed by atoms with Gasteiger partial charge in [0.2, 0.25) is 0 Å². The van der Waals surface area contributed by atoms with Gasteiger partial charge in [-0.2, -0.15) is 0 Å². The fourth-order valence-corrected chi connectivity index (χ4v) is 3.93. The molecule has 1 amide bonds. The van der Waals surface area contributed by atoms with Gasteiger partial charge in [-0.15, -0.1) is 0 Å². The number of likely N-dealkylation sites (tertiary alicyclic amines) is 1. The van der Waals surface area contributed by atoms with E-state index in [-0.39, 0.29) is 5.91 Å². The number of amides is 1. The molecule has 2 saturated heterocycles. The number of carbonyl (C=O) groups is 1. The molecule has 1 spiro atoms. The zero-order valence-electron chi connectivity index (χ0n) is 12.6. The molecule has 0 aromatic heterocycles. The Morgan fingerprint density at radius 1 is 1.33 bits per heavy atom. The van der Waals surface area contributed by atoms with E-state index in [1.807, 2.05) is 24.0 Å². The third-order valence-electron chi connectivity index (χ3n) is 4.94. The summed E-state index contributed by atoms with van der Waals surface area (Å²) in [5.41, 5.74) is 2.05. The summed E-state index contributed by atoms with van der Waals surface area (Å²) in [6.07, 6.45) is 4.79. The third kappa shape index (κ3) is 3.09. The number of benzene rings is 1. The van der Waals surface area contributed by atoms with Crippen LogP contribution in [0.2, 0.25) is 5.02 Å². The number of hydrogen-bond acceptors (Lipinski definition) is 2. The molecule has 2 heterocycles. The SMILES string of the molecule is Cc1ccc(Cl)cc1C(=O)N1CCCC2(CCCNC2)C1. The molecule has 1 N–H and O–H groups in total. The molecule has 0 radical (unpaired) electrons. The van der Waals surface area contributed by atoms with E-state index < -0.39 is 0 Å². The van der Waals surface area contributed by atoms with Gasteiger partial charge in [-0.1, -0.05) is 17.7 Å². The molecule has 3 rings (SSSR count). The van der Waals surface area contributed by atoms with Crippen molar-refractivity contribution in [1.29, 1.82) is 0 Å². The molecule has 0 saturated carbocycles. The van der Waals surface area contributed by atoms with Gasteiger partial charge in [0.25, 0.3) is 5.91 Å². The molecule has 1 aromatic carbocycles. The Bertz CT molecular complexity index is 532. The van der Waals surface area contributed by atoms with E-state index in [4.69, 9.17) is 11.6 Å². The van der Waals surface area contributed by atoms with Crippen LogP contribution in [0.5, 0.6) is 0 Å². The number of nitrogens with one attached hydrogen (secondary N) is 1. The maximum Gasteiger partial charge on any atom is 0.254 e. The van der Waals surface area contributed by atoms with Crippen LogP contribution in [0.1, 0.15) is 41.6 Å². The van der Waals surface area contributed by atoms with Gasteiger partial charge in [0.15, 0.2) is 0 Å². The number of piperidine rings is 2. The summed E-state index contributed by atoms with van der Waals surface area (Å²) >= 11 is 6.06. The summed E-state index contributed by atoms with van der Waals surface area (Å²) in [4.78, 5) is 14.9. The molecule has 0 aliphatic carbocycles. The average molecular weight is 307 g/mol. The van der Waals surface area contributed by atoms with E-state index in [9.17, 15) is 4.79 Å². The molecular formula is C17H23ClN2O. The minimum Gasteiger partial charge on any atom is -0.338 e. The first kappa shape index (κ1) is 14.9. The van der Waals surface area contributed by atoms with Crippen LogP contribution in [0.15, 0.2) is 18.2 Å². The molecule has 4 heteroatoms.